The van der Waals surface area contributed by atoms with Gasteiger partial charge in [0.1, 0.15) is 0 Å². The summed E-state index contributed by atoms with van der Waals surface area (Å²) in [4.78, 5) is -1.02. The minimum atomic E-state index is -3.13. The topological polar surface area (TPSA) is 9.23 Å². The molecule has 0 spiro atoms. The van der Waals surface area contributed by atoms with Gasteiger partial charge in [-0.1, -0.05) is 53.4 Å². The molecule has 27 heavy (non-hydrogen) atoms. The van der Waals surface area contributed by atoms with Crippen LogP contribution in [0, 0.1) is 40.7 Å². The van der Waals surface area contributed by atoms with Crippen LogP contribution < -0.4 is 0 Å². The van der Waals surface area contributed by atoms with Gasteiger partial charge in [0.15, 0.2) is 23.3 Å². The lowest BCUT2D eigenvalue weighted by atomic mass is 9.77. The minimum absolute atomic E-state index is 0.223. The highest BCUT2D eigenvalue weighted by molar-refractivity contribution is 8.95. The zero-order valence-corrected chi connectivity index (χ0v) is 17.9. The van der Waals surface area contributed by atoms with E-state index in [1.54, 1.807) is 0 Å². The Balaban J connectivity index is 1.99. The number of allylic oxidation sites excluding steroid dienone is 1. The fourth-order valence-electron chi connectivity index (χ4n) is 3.38. The van der Waals surface area contributed by atoms with Gasteiger partial charge >= 0.3 is 0 Å². The second-order valence-electron chi connectivity index (χ2n) is 6.98. The Morgan fingerprint density at radius 1 is 1.22 bits per heavy atom. The maximum atomic E-state index is 14.1. The Kier molecular flexibility index (Phi) is 5.70. The van der Waals surface area contributed by atoms with Crippen molar-refractivity contribution in [1.29, 1.82) is 0 Å². The molecule has 1 heterocycles. The van der Waals surface area contributed by atoms with E-state index < -0.39 is 53.3 Å². The Bertz CT molecular complexity index is 927. The zero-order chi connectivity index (χ0) is 20.3. The van der Waals surface area contributed by atoms with Crippen LogP contribution in [0.5, 0.6) is 0 Å². The fraction of sp³-hybridized carbons (Fsp3) is 0.471. The van der Waals surface area contributed by atoms with Gasteiger partial charge in [0.05, 0.1) is 4.90 Å². The maximum Gasteiger partial charge on any atom is 0.200 e. The number of fused-ring (bicyclic) bond motifs is 1. The highest BCUT2D eigenvalue weighted by atomic mass is 33.2. The molecule has 2 fully saturated rings. The molecule has 1 aromatic carbocycles. The van der Waals surface area contributed by atoms with Crippen molar-refractivity contribution in [3.8, 4) is 5.69 Å². The van der Waals surface area contributed by atoms with Crippen molar-refractivity contribution in [3.63, 3.8) is 0 Å². The Morgan fingerprint density at radius 2 is 1.74 bits per heavy atom. The van der Waals surface area contributed by atoms with E-state index in [1.165, 1.54) is 0 Å². The number of rotatable bonds is 3. The normalized spacial score (nSPS) is 33.9. The van der Waals surface area contributed by atoms with Crippen LogP contribution in [0.4, 0.5) is 22.0 Å². The molecule has 2 aliphatic rings. The SMILES string of the molecule is C#[S-]1[C@@]2(C)CC[C@@H](C(=C)C)C[C@@H]2OP1(=S)Sc1c(F)c(F)c(F)c(F)c1F. The largest absolute Gasteiger partial charge is 0.380 e. The molecule has 0 N–H and O–H groups in total. The summed E-state index contributed by atoms with van der Waals surface area (Å²) in [7, 11) is -1.06. The quantitative estimate of drug-likeness (QED) is 0.129. The van der Waals surface area contributed by atoms with Gasteiger partial charge in [-0.25, -0.2) is 22.0 Å². The summed E-state index contributed by atoms with van der Waals surface area (Å²) in [6.07, 6.45) is 1.84. The summed E-state index contributed by atoms with van der Waals surface area (Å²) < 4.78 is 71.0. The highest BCUT2D eigenvalue weighted by Gasteiger charge is 2.46. The average Bonchev–Trinajstić information content (AvgIpc) is 2.82. The second-order valence-corrected chi connectivity index (χ2v) is 18.7. The molecule has 0 radical (unpaired) electrons. The molecule has 1 aromatic rings. The number of halogens is 5. The summed E-state index contributed by atoms with van der Waals surface area (Å²) in [5, 5.41) is 0. The second kappa shape index (κ2) is 7.19. The van der Waals surface area contributed by atoms with Crippen molar-refractivity contribution < 1.29 is 26.5 Å². The first-order chi connectivity index (χ1) is 12.4. The number of hydrogen-bond acceptors (Lipinski definition) is 4. The van der Waals surface area contributed by atoms with Gasteiger partial charge in [0.2, 0.25) is 5.82 Å². The number of benzene rings is 1. The lowest BCUT2D eigenvalue weighted by molar-refractivity contribution is 0.129. The van der Waals surface area contributed by atoms with Crippen LogP contribution in [0.15, 0.2) is 17.0 Å². The monoisotopic (exact) mass is 459 g/mol. The minimum Gasteiger partial charge on any atom is -0.380 e. The third-order valence-corrected chi connectivity index (χ3v) is 17.3. The van der Waals surface area contributed by atoms with Crippen molar-refractivity contribution in [1.82, 2.24) is 0 Å². The predicted octanol–water partition coefficient (Wildman–Crippen LogP) is 6.44. The van der Waals surface area contributed by atoms with Crippen LogP contribution in [0.25, 0.3) is 0 Å². The fourth-order valence-corrected chi connectivity index (χ4v) is 16.1. The molecule has 1 nitrogen and oxygen atoms in total. The van der Waals surface area contributed by atoms with Crippen molar-refractivity contribution in [2.75, 3.05) is 0 Å². The summed E-state index contributed by atoms with van der Waals surface area (Å²) in [5.74, 6) is -9.78. The van der Waals surface area contributed by atoms with Gasteiger partial charge in [0, 0.05) is 10.8 Å². The van der Waals surface area contributed by atoms with Gasteiger partial charge in [0.25, 0.3) is 0 Å². The van der Waals surface area contributed by atoms with Gasteiger partial charge in [-0.2, -0.15) is 0 Å². The van der Waals surface area contributed by atoms with Crippen LogP contribution in [0.3, 0.4) is 0 Å². The van der Waals surface area contributed by atoms with E-state index in [1.807, 2.05) is 13.8 Å². The van der Waals surface area contributed by atoms with Crippen LogP contribution in [0.2, 0.25) is 0 Å². The van der Waals surface area contributed by atoms with Crippen LogP contribution in [0.1, 0.15) is 33.1 Å². The molecular weight excluding hydrogens is 442 g/mol. The molecule has 3 rings (SSSR count). The first-order valence-electron chi connectivity index (χ1n) is 8.06. The van der Waals surface area contributed by atoms with Crippen molar-refractivity contribution >= 4 is 37.8 Å². The van der Waals surface area contributed by atoms with Gasteiger partial charge in [-0.15, -0.1) is 0 Å². The number of hydrogen-bond donors (Lipinski definition) is 0. The first-order valence-corrected chi connectivity index (χ1v) is 14.1. The molecule has 4 atom stereocenters. The standard InChI is InChI=1S/C17H17F5OPS3/c1-8(2)9-5-6-17(3)10(7-9)23-24(25,27(17)4)26-16-14(21)12(19)11(18)13(20)15(16)22/h4,9-10H,1,5-7H2,2-3H3/q-1/t9-,10+,17+,24?/m1/s1. The van der Waals surface area contributed by atoms with Crippen LogP contribution >= 0.6 is 16.1 Å². The van der Waals surface area contributed by atoms with Crippen molar-refractivity contribution in [3.05, 3.63) is 41.2 Å². The Morgan fingerprint density at radius 3 is 2.26 bits per heavy atom. The predicted molar refractivity (Wildman–Crippen MR) is 104 cm³/mol. The molecule has 1 unspecified atom stereocenters. The van der Waals surface area contributed by atoms with Gasteiger partial charge in [-0.3, -0.25) is 0 Å². The molecule has 0 amide bonds. The lowest BCUT2D eigenvalue weighted by Crippen LogP contribution is -2.42. The van der Waals surface area contributed by atoms with Crippen molar-refractivity contribution in [2.45, 2.75) is 48.9 Å². The molecule has 1 saturated heterocycles. The van der Waals surface area contributed by atoms with E-state index in [9.17, 15) is 22.0 Å². The molecule has 1 saturated carbocycles. The summed E-state index contributed by atoms with van der Waals surface area (Å²) in [5.41, 5.74) is 7.38. The van der Waals surface area contributed by atoms with E-state index in [4.69, 9.17) is 22.0 Å². The summed E-state index contributed by atoms with van der Waals surface area (Å²) in [6.45, 7) is 7.80. The lowest BCUT2D eigenvalue weighted by Gasteiger charge is -2.45. The van der Waals surface area contributed by atoms with E-state index in [2.05, 4.69) is 6.58 Å². The molecule has 1 aliphatic heterocycles. The van der Waals surface area contributed by atoms with Crippen LogP contribution in [-0.2, 0) is 26.3 Å². The van der Waals surface area contributed by atoms with E-state index >= 15 is 0 Å². The molecule has 1 aliphatic carbocycles. The maximum absolute atomic E-state index is 14.1. The first kappa shape index (κ1) is 21.4. The van der Waals surface area contributed by atoms with Crippen LogP contribution in [-0.4, -0.2) is 10.9 Å². The van der Waals surface area contributed by atoms with Crippen molar-refractivity contribution in [2.24, 2.45) is 5.92 Å². The van der Waals surface area contributed by atoms with E-state index in [0.717, 1.165) is 12.0 Å². The van der Waals surface area contributed by atoms with E-state index in [-0.39, 0.29) is 12.0 Å². The Hall–Kier alpha value is -0.300. The van der Waals surface area contributed by atoms with Gasteiger partial charge < -0.3 is 20.1 Å². The molecule has 0 bridgehead atoms. The zero-order valence-electron chi connectivity index (χ0n) is 14.5. The highest BCUT2D eigenvalue weighted by Crippen LogP contribution is 2.75. The smallest absolute Gasteiger partial charge is 0.200 e. The Labute approximate surface area is 165 Å². The van der Waals surface area contributed by atoms with Gasteiger partial charge in [-0.05, 0) is 25.7 Å². The molecule has 10 heteroatoms. The molecule has 0 aromatic heterocycles. The third kappa shape index (κ3) is 3.34. The average molecular weight is 459 g/mol. The summed E-state index contributed by atoms with van der Waals surface area (Å²) in [6, 6.07) is 0. The van der Waals surface area contributed by atoms with E-state index in [0.29, 0.717) is 24.2 Å². The molecular formula is C17H17F5OPS3-. The summed E-state index contributed by atoms with van der Waals surface area (Å²) >= 11 is 5.94. The third-order valence-electron chi connectivity index (χ3n) is 5.21. The molecule has 150 valence electrons.